The number of hydrogen-bond acceptors (Lipinski definition) is 17. The summed E-state index contributed by atoms with van der Waals surface area (Å²) >= 11 is 0. The van der Waals surface area contributed by atoms with E-state index in [0.717, 1.165) is 5.69 Å². The fourth-order valence-electron chi connectivity index (χ4n) is 13.5. The van der Waals surface area contributed by atoms with Gasteiger partial charge in [0, 0.05) is 89.8 Å². The van der Waals surface area contributed by atoms with Crippen LogP contribution in [0.15, 0.2) is 24.3 Å². The number of cyclic esters (lactones) is 1. The molecule has 5 fully saturated rings. The van der Waals surface area contributed by atoms with E-state index in [9.17, 15) is 33.7 Å². The molecule has 19 nitrogen and oxygen atoms in total. The highest BCUT2D eigenvalue weighted by molar-refractivity contribution is 5.85. The Morgan fingerprint density at radius 2 is 1.63 bits per heavy atom. The molecule has 5 aliphatic heterocycles. The largest absolute Gasteiger partial charge is 0.458 e. The molecule has 78 heavy (non-hydrogen) atoms. The molecule has 4 N–H and O–H groups in total. The lowest BCUT2D eigenvalue weighted by atomic mass is 9.67. The van der Waals surface area contributed by atoms with E-state index in [0.29, 0.717) is 24.9 Å². The summed E-state index contributed by atoms with van der Waals surface area (Å²) in [6, 6.07) is 4.05. The second-order valence-electron chi connectivity index (χ2n) is 23.7. The van der Waals surface area contributed by atoms with Crippen LogP contribution in [0.1, 0.15) is 119 Å². The highest BCUT2D eigenvalue weighted by Crippen LogP contribution is 2.47. The van der Waals surface area contributed by atoms with Gasteiger partial charge in [-0.05, 0) is 91.0 Å². The Labute approximate surface area is 460 Å². The van der Waals surface area contributed by atoms with E-state index in [4.69, 9.17) is 37.9 Å². The van der Waals surface area contributed by atoms with Gasteiger partial charge in [-0.25, -0.2) is 13.6 Å². The molecule has 1 unspecified atom stereocenters. The van der Waals surface area contributed by atoms with Crippen LogP contribution in [-0.2, 0) is 52.3 Å². The molecule has 21 atom stereocenters. The average molecular weight is 1110 g/mol. The number of alkyl halides is 2. The number of aliphatic hydroxyl groups excluding tert-OH is 3. The van der Waals surface area contributed by atoms with Crippen LogP contribution in [0.4, 0.5) is 19.3 Å². The van der Waals surface area contributed by atoms with Crippen LogP contribution in [0.2, 0.25) is 0 Å². The van der Waals surface area contributed by atoms with E-state index in [1.807, 2.05) is 37.5 Å². The number of esters is 1. The van der Waals surface area contributed by atoms with Crippen molar-refractivity contribution >= 4 is 29.4 Å². The number of carbonyl (C=O) groups excluding carboxylic acids is 4. The maximum Gasteiger partial charge on any atom is 0.411 e. The number of halogens is 2. The molecule has 0 bridgehead atoms. The van der Waals surface area contributed by atoms with Gasteiger partial charge >= 0.3 is 12.1 Å². The molecule has 0 aromatic heterocycles. The number of ether oxygens (including phenoxy) is 8. The third-order valence-corrected chi connectivity index (χ3v) is 18.2. The summed E-state index contributed by atoms with van der Waals surface area (Å²) in [5, 5.41) is 37.6. The molecule has 0 spiro atoms. The van der Waals surface area contributed by atoms with Crippen molar-refractivity contribution in [2.45, 2.75) is 204 Å². The second kappa shape index (κ2) is 26.5. The Morgan fingerprint density at radius 1 is 0.962 bits per heavy atom. The normalized spacial score (nSPS) is 40.0. The fourth-order valence-corrected chi connectivity index (χ4v) is 13.5. The Balaban J connectivity index is 1.30. The van der Waals surface area contributed by atoms with Gasteiger partial charge in [-0.2, -0.15) is 0 Å². The van der Waals surface area contributed by atoms with E-state index in [2.05, 4.69) is 5.32 Å². The van der Waals surface area contributed by atoms with Gasteiger partial charge in [-0.15, -0.1) is 0 Å². The smallest absolute Gasteiger partial charge is 0.411 e. The monoisotopic (exact) mass is 1110 g/mol. The van der Waals surface area contributed by atoms with Crippen molar-refractivity contribution in [2.24, 2.45) is 29.6 Å². The molecule has 6 rings (SSSR count). The molecular weight excluding hydrogens is 1020 g/mol. The van der Waals surface area contributed by atoms with Crippen LogP contribution in [0.5, 0.6) is 0 Å². The predicted molar refractivity (Wildman–Crippen MR) is 285 cm³/mol. The molecule has 1 aromatic rings. The van der Waals surface area contributed by atoms with Gasteiger partial charge in [0.15, 0.2) is 11.9 Å². The zero-order valence-electron chi connectivity index (χ0n) is 48.5. The molecule has 5 saturated heterocycles. The summed E-state index contributed by atoms with van der Waals surface area (Å²) in [5.41, 5.74) is -2.73. The fraction of sp³-hybridized carbons (Fsp3) is 0.825. The first-order valence-corrected chi connectivity index (χ1v) is 28.1. The van der Waals surface area contributed by atoms with Gasteiger partial charge in [-0.3, -0.25) is 19.3 Å². The summed E-state index contributed by atoms with van der Waals surface area (Å²) in [7, 11) is 6.29. The van der Waals surface area contributed by atoms with Crippen LogP contribution < -0.4 is 10.2 Å². The summed E-state index contributed by atoms with van der Waals surface area (Å²) in [6.45, 7) is 18.1. The number of ketones is 1. The van der Waals surface area contributed by atoms with E-state index in [-0.39, 0.29) is 57.7 Å². The van der Waals surface area contributed by atoms with E-state index < -0.39 is 150 Å². The Bertz CT molecular complexity index is 2170. The van der Waals surface area contributed by atoms with E-state index >= 15 is 9.59 Å². The number of likely N-dealkylation sites (N-methyl/N-ethyl adjacent to an activating group) is 1. The molecule has 444 valence electrons. The third-order valence-electron chi connectivity index (χ3n) is 18.2. The van der Waals surface area contributed by atoms with E-state index in [1.54, 1.807) is 72.9 Å². The standard InChI is InChI=1S/C57H92F2N4O15/c1-15-43-57(10)49(63(24-25-71-12)54(70)78-57)35(6)46(65)31(2)27-56(9,73-14)51(33(4)45(34(5)52(69)76-43)42-28-55(8,72-13)50(68)36(7)75-42)77-53-48(67)41(26-32(3)74-53)61(11)22-21-44(64)60-40(29-58)47(66)37-16-18-39(19-17-37)62-23-20-38(59)30-62/h16-19,31-36,38,40-43,45,47-51,53,66-68H,15,20-30H2,1-14H3,(H,60,64)/t31-,32-,33+,34-,35+,36+,38+,40-,41+,42-,43-,45?,47-,48-,49-,50+,51-,53+,55-,56-,57-/m1/s1. The van der Waals surface area contributed by atoms with Crippen molar-refractivity contribution in [3.63, 3.8) is 0 Å². The van der Waals surface area contributed by atoms with Crippen LogP contribution in [0, 0.1) is 29.6 Å². The molecule has 0 saturated carbocycles. The minimum atomic E-state index is -1.46. The quantitative estimate of drug-likeness (QED) is 0.137. The average Bonchev–Trinajstić information content (AvgIpc) is 4.09. The Hall–Kier alpha value is -3.64. The summed E-state index contributed by atoms with van der Waals surface area (Å²) in [4.78, 5) is 62.6. The number of amides is 2. The Morgan fingerprint density at radius 3 is 2.22 bits per heavy atom. The highest BCUT2D eigenvalue weighted by atomic mass is 19.1. The molecule has 1 aromatic carbocycles. The zero-order valence-corrected chi connectivity index (χ0v) is 48.5. The first-order valence-electron chi connectivity index (χ1n) is 28.1. The number of nitrogens with one attached hydrogen (secondary N) is 1. The molecule has 5 aliphatic rings. The molecule has 0 radical (unpaired) electrons. The number of Topliss-reactive ketones (excluding diaryl/α,β-unsaturated/α-hetero) is 1. The van der Waals surface area contributed by atoms with Gasteiger partial charge in [0.05, 0.1) is 60.2 Å². The van der Waals surface area contributed by atoms with Gasteiger partial charge in [0.2, 0.25) is 5.91 Å². The van der Waals surface area contributed by atoms with Crippen LogP contribution in [-0.4, -0.2) is 207 Å². The van der Waals surface area contributed by atoms with E-state index in [1.165, 1.54) is 26.2 Å². The lowest BCUT2D eigenvalue weighted by Crippen LogP contribution is -2.63. The summed E-state index contributed by atoms with van der Waals surface area (Å²) in [6.07, 6.45) is -9.52. The van der Waals surface area contributed by atoms with Crippen LogP contribution in [0.3, 0.4) is 0 Å². The van der Waals surface area contributed by atoms with Crippen molar-refractivity contribution in [3.05, 3.63) is 29.8 Å². The second-order valence-corrected chi connectivity index (χ2v) is 23.7. The molecule has 5 heterocycles. The third kappa shape index (κ3) is 13.5. The summed E-state index contributed by atoms with van der Waals surface area (Å²) in [5.74, 6) is -5.35. The number of benzene rings is 1. The van der Waals surface area contributed by atoms with Crippen molar-refractivity contribution in [1.29, 1.82) is 0 Å². The van der Waals surface area contributed by atoms with Gasteiger partial charge < -0.3 is 68.3 Å². The SMILES string of the molecule is CC[C@H]1OC(=O)[C@H](C)C([C@H]2C[C@@](C)(OC)[C@@H](O)[C@H](C)O2)[C@H](C)[C@@H](O[C@@H]2O[C@H](C)C[C@H](N(C)CCC(=O)N[C@H](CF)[C@H](O)c3ccc(N4CC[C@H](F)C4)cc3)[C@H]2O)[C@](C)(OC)C[C@@H](C)C(=O)[C@H](C)[C@H]2N(CCOC)C(=O)O[C@]12C. The number of fused-ring (bicyclic) bond motifs is 1. The zero-order chi connectivity index (χ0) is 57.8. The lowest BCUT2D eigenvalue weighted by Gasteiger charge is -2.52. The number of hydrogen-bond donors (Lipinski definition) is 4. The van der Waals surface area contributed by atoms with Crippen LogP contribution >= 0.6 is 0 Å². The van der Waals surface area contributed by atoms with Crippen molar-refractivity contribution < 1.29 is 81.2 Å². The van der Waals surface area contributed by atoms with Crippen molar-refractivity contribution in [3.8, 4) is 0 Å². The molecule has 0 aliphatic carbocycles. The first-order chi connectivity index (χ1) is 36.7. The molecule has 21 heteroatoms. The predicted octanol–water partition coefficient (Wildman–Crippen LogP) is 5.32. The van der Waals surface area contributed by atoms with Crippen molar-refractivity contribution in [1.82, 2.24) is 15.1 Å². The number of nitrogens with zero attached hydrogens (tertiary/aromatic N) is 3. The van der Waals surface area contributed by atoms with Crippen molar-refractivity contribution in [2.75, 3.05) is 72.7 Å². The maximum atomic E-state index is 15.1. The highest BCUT2D eigenvalue weighted by Gasteiger charge is 2.61. The van der Waals surface area contributed by atoms with Crippen LogP contribution in [0.25, 0.3) is 0 Å². The topological polar surface area (TPSA) is 225 Å². The summed E-state index contributed by atoms with van der Waals surface area (Å²) < 4.78 is 79.2. The number of anilines is 1. The molecule has 2 amide bonds. The minimum Gasteiger partial charge on any atom is -0.458 e. The number of methoxy groups -OCH3 is 3. The van der Waals surface area contributed by atoms with Gasteiger partial charge in [-0.1, -0.05) is 46.8 Å². The lowest BCUT2D eigenvalue weighted by molar-refractivity contribution is -0.305. The number of rotatable bonds is 18. The number of aliphatic hydroxyl groups is 3. The Kier molecular flexibility index (Phi) is 21.6. The maximum absolute atomic E-state index is 15.1. The minimum absolute atomic E-state index is 0.0767. The van der Waals surface area contributed by atoms with Gasteiger partial charge in [0.25, 0.3) is 0 Å². The van der Waals surface area contributed by atoms with Gasteiger partial charge in [0.1, 0.15) is 43.0 Å². The first kappa shape index (κ1) is 63.5. The number of carbonyl (C=O) groups is 4. The molecular formula is C57H92F2N4O15.